The maximum absolute atomic E-state index is 11.4. The van der Waals surface area contributed by atoms with E-state index in [-0.39, 0.29) is 5.91 Å². The summed E-state index contributed by atoms with van der Waals surface area (Å²) in [6, 6.07) is 0.641. The van der Waals surface area contributed by atoms with Gasteiger partial charge in [-0.3, -0.25) is 4.79 Å². The van der Waals surface area contributed by atoms with Crippen LogP contribution in [0.2, 0.25) is 0 Å². The molecule has 0 aromatic rings. The van der Waals surface area contributed by atoms with E-state index in [1.807, 2.05) is 13.8 Å². The second kappa shape index (κ2) is 4.94. The lowest BCUT2D eigenvalue weighted by Gasteiger charge is -2.39. The summed E-state index contributed by atoms with van der Waals surface area (Å²) < 4.78 is 0. The lowest BCUT2D eigenvalue weighted by atomic mass is 9.90. The van der Waals surface area contributed by atoms with Crippen LogP contribution in [0.25, 0.3) is 0 Å². The Morgan fingerprint density at radius 1 is 1.60 bits per heavy atom. The van der Waals surface area contributed by atoms with Gasteiger partial charge in [-0.25, -0.2) is 0 Å². The molecule has 15 heavy (non-hydrogen) atoms. The van der Waals surface area contributed by atoms with Gasteiger partial charge in [0.15, 0.2) is 0 Å². The number of nitrogens with two attached hydrogens (primary N) is 1. The Bertz CT molecular complexity index is 228. The quantitative estimate of drug-likeness (QED) is 0.668. The molecule has 0 aromatic carbocycles. The van der Waals surface area contributed by atoms with Crippen LogP contribution in [0.4, 0.5) is 0 Å². The fraction of sp³-hybridized carbons (Fsp3) is 0.909. The maximum atomic E-state index is 11.4. The van der Waals surface area contributed by atoms with Crippen LogP contribution in [0.1, 0.15) is 33.1 Å². The molecular weight excluding hydrogens is 190 g/mol. The molecule has 4 nitrogen and oxygen atoms in total. The second-order valence-corrected chi connectivity index (χ2v) is 4.73. The van der Waals surface area contributed by atoms with Crippen molar-refractivity contribution in [3.05, 3.63) is 0 Å². The molecule has 0 aromatic heterocycles. The van der Waals surface area contributed by atoms with Crippen molar-refractivity contribution in [2.45, 2.75) is 44.7 Å². The minimum Gasteiger partial charge on any atom is -0.368 e. The van der Waals surface area contributed by atoms with E-state index in [9.17, 15) is 4.79 Å². The summed E-state index contributed by atoms with van der Waals surface area (Å²) in [4.78, 5) is 13.7. The van der Waals surface area contributed by atoms with Gasteiger partial charge in [0.25, 0.3) is 0 Å². The monoisotopic (exact) mass is 213 g/mol. The molecule has 0 bridgehead atoms. The zero-order valence-electron chi connectivity index (χ0n) is 10.0. The van der Waals surface area contributed by atoms with Gasteiger partial charge in [0.1, 0.15) is 5.54 Å². The standard InChI is InChI=1S/C11H23N3O/c1-4-13-11(2,10(12)15)8-14(3)9-6-5-7-9/h9,13H,4-8H2,1-3H3,(H2,12,15). The van der Waals surface area contributed by atoms with E-state index in [2.05, 4.69) is 17.3 Å². The molecule has 0 aliphatic heterocycles. The molecule has 0 spiro atoms. The van der Waals surface area contributed by atoms with Gasteiger partial charge in [-0.1, -0.05) is 13.3 Å². The Hall–Kier alpha value is -0.610. The number of rotatable bonds is 6. The normalized spacial score (nSPS) is 21.1. The number of nitrogens with zero attached hydrogens (tertiary/aromatic N) is 1. The van der Waals surface area contributed by atoms with Crippen molar-refractivity contribution in [3.8, 4) is 0 Å². The van der Waals surface area contributed by atoms with Crippen LogP contribution >= 0.6 is 0 Å². The van der Waals surface area contributed by atoms with Crippen molar-refractivity contribution in [3.63, 3.8) is 0 Å². The Labute approximate surface area is 92.2 Å². The number of primary amides is 1. The fourth-order valence-corrected chi connectivity index (χ4v) is 2.07. The van der Waals surface area contributed by atoms with Crippen LogP contribution in [0, 0.1) is 0 Å². The molecule has 1 saturated carbocycles. The fourth-order valence-electron chi connectivity index (χ4n) is 2.07. The van der Waals surface area contributed by atoms with Crippen LogP contribution in [-0.2, 0) is 4.79 Å². The number of nitrogens with one attached hydrogen (secondary N) is 1. The Morgan fingerprint density at radius 3 is 2.53 bits per heavy atom. The average molecular weight is 213 g/mol. The largest absolute Gasteiger partial charge is 0.368 e. The molecule has 1 fully saturated rings. The van der Waals surface area contributed by atoms with Gasteiger partial charge in [0.2, 0.25) is 5.91 Å². The van der Waals surface area contributed by atoms with Crippen molar-refractivity contribution in [1.82, 2.24) is 10.2 Å². The van der Waals surface area contributed by atoms with Crippen LogP contribution in [0.3, 0.4) is 0 Å². The highest BCUT2D eigenvalue weighted by atomic mass is 16.1. The van der Waals surface area contributed by atoms with E-state index in [1.54, 1.807) is 0 Å². The SMILES string of the molecule is CCNC(C)(CN(C)C1CCC1)C(N)=O. The highest BCUT2D eigenvalue weighted by molar-refractivity contribution is 5.84. The van der Waals surface area contributed by atoms with Gasteiger partial charge in [-0.05, 0) is 33.4 Å². The van der Waals surface area contributed by atoms with Gasteiger partial charge >= 0.3 is 0 Å². The van der Waals surface area contributed by atoms with Crippen LogP contribution in [0.5, 0.6) is 0 Å². The van der Waals surface area contributed by atoms with E-state index in [0.717, 1.165) is 6.54 Å². The number of hydrogen-bond acceptors (Lipinski definition) is 3. The molecule has 1 unspecified atom stereocenters. The topological polar surface area (TPSA) is 58.4 Å². The minimum atomic E-state index is -0.598. The van der Waals surface area contributed by atoms with E-state index in [1.165, 1.54) is 19.3 Å². The van der Waals surface area contributed by atoms with Crippen molar-refractivity contribution < 1.29 is 4.79 Å². The zero-order chi connectivity index (χ0) is 11.5. The number of carbonyl (C=O) groups is 1. The zero-order valence-corrected chi connectivity index (χ0v) is 10.0. The molecular formula is C11H23N3O. The Kier molecular flexibility index (Phi) is 4.11. The lowest BCUT2D eigenvalue weighted by molar-refractivity contribution is -0.124. The molecule has 1 rings (SSSR count). The highest BCUT2D eigenvalue weighted by Crippen LogP contribution is 2.24. The molecule has 0 saturated heterocycles. The average Bonchev–Trinajstić information content (AvgIpc) is 1.99. The predicted octanol–water partition coefficient (Wildman–Crippen LogP) is 0.324. The van der Waals surface area contributed by atoms with Gasteiger partial charge in [-0.15, -0.1) is 0 Å². The Morgan fingerprint density at radius 2 is 2.20 bits per heavy atom. The molecule has 88 valence electrons. The summed E-state index contributed by atoms with van der Waals surface area (Å²) in [6.07, 6.45) is 3.80. The molecule has 1 aliphatic rings. The van der Waals surface area contributed by atoms with Crippen LogP contribution in [-0.4, -0.2) is 42.5 Å². The molecule has 1 atom stereocenters. The summed E-state index contributed by atoms with van der Waals surface area (Å²) in [5.41, 5.74) is 4.84. The van der Waals surface area contributed by atoms with Crippen molar-refractivity contribution >= 4 is 5.91 Å². The van der Waals surface area contributed by atoms with Crippen molar-refractivity contribution in [1.29, 1.82) is 0 Å². The molecule has 1 amide bonds. The number of carbonyl (C=O) groups excluding carboxylic acids is 1. The minimum absolute atomic E-state index is 0.268. The summed E-state index contributed by atoms with van der Waals surface area (Å²) in [6.45, 7) is 5.33. The summed E-state index contributed by atoms with van der Waals surface area (Å²) in [7, 11) is 2.07. The molecule has 3 N–H and O–H groups in total. The smallest absolute Gasteiger partial charge is 0.238 e. The van der Waals surface area contributed by atoms with Crippen LogP contribution in [0.15, 0.2) is 0 Å². The summed E-state index contributed by atoms with van der Waals surface area (Å²) >= 11 is 0. The van der Waals surface area contributed by atoms with Gasteiger partial charge < -0.3 is 16.0 Å². The van der Waals surface area contributed by atoms with E-state index < -0.39 is 5.54 Å². The van der Waals surface area contributed by atoms with Gasteiger partial charge in [-0.2, -0.15) is 0 Å². The van der Waals surface area contributed by atoms with Crippen molar-refractivity contribution in [2.24, 2.45) is 5.73 Å². The Balaban J connectivity index is 2.52. The first-order valence-electron chi connectivity index (χ1n) is 5.75. The third kappa shape index (κ3) is 2.92. The van der Waals surface area contributed by atoms with Crippen molar-refractivity contribution in [2.75, 3.05) is 20.1 Å². The summed E-state index contributed by atoms with van der Waals surface area (Å²) in [5.74, 6) is -0.268. The first-order valence-corrected chi connectivity index (χ1v) is 5.75. The number of likely N-dealkylation sites (N-methyl/N-ethyl adjacent to an activating group) is 2. The number of hydrogen-bond donors (Lipinski definition) is 2. The third-order valence-electron chi connectivity index (χ3n) is 3.37. The van der Waals surface area contributed by atoms with E-state index in [4.69, 9.17) is 5.73 Å². The number of amides is 1. The third-order valence-corrected chi connectivity index (χ3v) is 3.37. The first kappa shape index (κ1) is 12.5. The first-order chi connectivity index (χ1) is 6.99. The molecule has 1 aliphatic carbocycles. The summed E-state index contributed by atoms with van der Waals surface area (Å²) in [5, 5.41) is 3.18. The second-order valence-electron chi connectivity index (χ2n) is 4.73. The predicted molar refractivity (Wildman–Crippen MR) is 61.5 cm³/mol. The lowest BCUT2D eigenvalue weighted by Crippen LogP contribution is -2.60. The maximum Gasteiger partial charge on any atom is 0.238 e. The van der Waals surface area contributed by atoms with E-state index in [0.29, 0.717) is 12.6 Å². The molecule has 4 heteroatoms. The molecule has 0 heterocycles. The van der Waals surface area contributed by atoms with Crippen LogP contribution < -0.4 is 11.1 Å². The van der Waals surface area contributed by atoms with Gasteiger partial charge in [0, 0.05) is 12.6 Å². The highest BCUT2D eigenvalue weighted by Gasteiger charge is 2.34. The van der Waals surface area contributed by atoms with Gasteiger partial charge in [0.05, 0.1) is 0 Å². The van der Waals surface area contributed by atoms with E-state index >= 15 is 0 Å². The molecule has 0 radical (unpaired) electrons.